The zero-order chi connectivity index (χ0) is 13.8. The summed E-state index contributed by atoms with van der Waals surface area (Å²) in [7, 11) is 0. The summed E-state index contributed by atoms with van der Waals surface area (Å²) in [6.45, 7) is 3.37. The van der Waals surface area contributed by atoms with Gasteiger partial charge in [0.25, 0.3) is 0 Å². The quantitative estimate of drug-likeness (QED) is 0.872. The van der Waals surface area contributed by atoms with Crippen LogP contribution in [0.25, 0.3) is 11.1 Å². The molecule has 0 unspecified atom stereocenters. The van der Waals surface area contributed by atoms with Gasteiger partial charge in [0.05, 0.1) is 0 Å². The molecule has 19 heavy (non-hydrogen) atoms. The van der Waals surface area contributed by atoms with Gasteiger partial charge < -0.3 is 5.32 Å². The molecule has 2 aromatic carbocycles. The molecule has 0 heterocycles. The van der Waals surface area contributed by atoms with Crippen LogP contribution in [0.5, 0.6) is 0 Å². The lowest BCUT2D eigenvalue weighted by Crippen LogP contribution is -2.12. The minimum Gasteiger partial charge on any atom is -0.313 e. The van der Waals surface area contributed by atoms with Gasteiger partial charge >= 0.3 is 0 Å². The molecule has 0 aromatic heterocycles. The Balaban J connectivity index is 2.52. The van der Waals surface area contributed by atoms with Gasteiger partial charge in [0.15, 0.2) is 0 Å². The van der Waals surface area contributed by atoms with E-state index in [0.29, 0.717) is 17.7 Å². The summed E-state index contributed by atoms with van der Waals surface area (Å²) in [5.74, 6) is -0.721. The van der Waals surface area contributed by atoms with Crippen molar-refractivity contribution in [3.63, 3.8) is 0 Å². The van der Waals surface area contributed by atoms with Gasteiger partial charge in [0.2, 0.25) is 0 Å². The van der Waals surface area contributed by atoms with E-state index in [9.17, 15) is 8.78 Å². The van der Waals surface area contributed by atoms with E-state index in [4.69, 9.17) is 0 Å². The summed E-state index contributed by atoms with van der Waals surface area (Å²) in [5.41, 5.74) is 1.86. The minimum atomic E-state index is -0.366. The Morgan fingerprint density at radius 3 is 2.58 bits per heavy atom. The lowest BCUT2D eigenvalue weighted by Gasteiger charge is -2.12. The predicted octanol–water partition coefficient (Wildman–Crippen LogP) is 4.50. The lowest BCUT2D eigenvalue weighted by atomic mass is 9.99. The van der Waals surface area contributed by atoms with Crippen molar-refractivity contribution < 1.29 is 8.78 Å². The number of rotatable bonds is 4. The van der Waals surface area contributed by atoms with Crippen molar-refractivity contribution in [3.8, 4) is 11.1 Å². The zero-order valence-electron chi connectivity index (χ0n) is 10.5. The van der Waals surface area contributed by atoms with Crippen LogP contribution in [0, 0.1) is 11.6 Å². The van der Waals surface area contributed by atoms with Gasteiger partial charge in [-0.25, -0.2) is 8.78 Å². The Kier molecular flexibility index (Phi) is 4.66. The molecule has 2 rings (SSSR count). The lowest BCUT2D eigenvalue weighted by molar-refractivity contribution is 0.622. The Hall–Kier alpha value is -1.26. The highest BCUT2D eigenvalue weighted by molar-refractivity contribution is 9.10. The summed E-state index contributed by atoms with van der Waals surface area (Å²) in [6.07, 6.45) is 0. The Morgan fingerprint density at radius 1 is 1.05 bits per heavy atom. The van der Waals surface area contributed by atoms with Gasteiger partial charge in [0.1, 0.15) is 11.6 Å². The molecule has 100 valence electrons. The third-order valence-electron chi connectivity index (χ3n) is 2.86. The highest BCUT2D eigenvalue weighted by Crippen LogP contribution is 2.29. The van der Waals surface area contributed by atoms with E-state index in [1.54, 1.807) is 18.2 Å². The standard InChI is InChI=1S/C15H14BrF2N/c1-2-19-9-10-3-5-12(17)8-13(10)14-7-11(16)4-6-15(14)18/h3-8,19H,2,9H2,1H3. The van der Waals surface area contributed by atoms with Gasteiger partial charge in [-0.15, -0.1) is 0 Å². The maximum absolute atomic E-state index is 13.9. The first kappa shape index (κ1) is 14.2. The first-order valence-electron chi connectivity index (χ1n) is 6.06. The van der Waals surface area contributed by atoms with Crippen molar-refractivity contribution in [3.05, 3.63) is 58.1 Å². The van der Waals surface area contributed by atoms with E-state index in [2.05, 4.69) is 21.2 Å². The zero-order valence-corrected chi connectivity index (χ0v) is 12.1. The monoisotopic (exact) mass is 325 g/mol. The van der Waals surface area contributed by atoms with Crippen molar-refractivity contribution in [2.45, 2.75) is 13.5 Å². The molecule has 0 aliphatic rings. The van der Waals surface area contributed by atoms with Gasteiger partial charge in [-0.1, -0.05) is 28.9 Å². The van der Waals surface area contributed by atoms with Gasteiger partial charge in [-0.2, -0.15) is 0 Å². The third kappa shape index (κ3) is 3.39. The molecule has 4 heteroatoms. The Morgan fingerprint density at radius 2 is 1.84 bits per heavy atom. The predicted molar refractivity (Wildman–Crippen MR) is 76.9 cm³/mol. The van der Waals surface area contributed by atoms with E-state index in [1.165, 1.54) is 18.2 Å². The molecule has 1 N–H and O–H groups in total. The Labute approximate surface area is 119 Å². The summed E-state index contributed by atoms with van der Waals surface area (Å²) in [4.78, 5) is 0. The highest BCUT2D eigenvalue weighted by atomic mass is 79.9. The van der Waals surface area contributed by atoms with Crippen LogP contribution in [0.4, 0.5) is 8.78 Å². The van der Waals surface area contributed by atoms with E-state index >= 15 is 0 Å². The van der Waals surface area contributed by atoms with E-state index in [-0.39, 0.29) is 11.6 Å². The second-order valence-electron chi connectivity index (χ2n) is 4.21. The number of halogens is 3. The molecule has 0 bridgehead atoms. The van der Waals surface area contributed by atoms with Gasteiger partial charge in [-0.05, 0) is 48.0 Å². The number of nitrogens with one attached hydrogen (secondary N) is 1. The van der Waals surface area contributed by atoms with E-state index in [0.717, 1.165) is 16.6 Å². The number of benzene rings is 2. The summed E-state index contributed by atoms with van der Waals surface area (Å²) in [5, 5.41) is 3.17. The summed E-state index contributed by atoms with van der Waals surface area (Å²) >= 11 is 3.31. The van der Waals surface area contributed by atoms with Crippen LogP contribution < -0.4 is 5.32 Å². The molecule has 0 saturated heterocycles. The van der Waals surface area contributed by atoms with Crippen LogP contribution in [0.1, 0.15) is 12.5 Å². The molecule has 0 atom stereocenters. The fraction of sp³-hybridized carbons (Fsp3) is 0.200. The van der Waals surface area contributed by atoms with Gasteiger partial charge in [0, 0.05) is 16.6 Å². The van der Waals surface area contributed by atoms with Crippen molar-refractivity contribution in [2.75, 3.05) is 6.54 Å². The van der Waals surface area contributed by atoms with Crippen LogP contribution in [0.2, 0.25) is 0 Å². The fourth-order valence-electron chi connectivity index (χ4n) is 1.92. The molecular weight excluding hydrogens is 312 g/mol. The molecular formula is C15H14BrF2N. The topological polar surface area (TPSA) is 12.0 Å². The molecule has 0 fully saturated rings. The average Bonchev–Trinajstić information content (AvgIpc) is 2.40. The molecule has 0 aliphatic carbocycles. The molecule has 0 spiro atoms. The molecule has 0 saturated carbocycles. The largest absolute Gasteiger partial charge is 0.313 e. The van der Waals surface area contributed by atoms with Crippen LogP contribution in [-0.2, 0) is 6.54 Å². The second kappa shape index (κ2) is 6.26. The minimum absolute atomic E-state index is 0.355. The molecule has 1 nitrogen and oxygen atoms in total. The molecule has 0 amide bonds. The third-order valence-corrected chi connectivity index (χ3v) is 3.35. The normalized spacial score (nSPS) is 10.7. The van der Waals surface area contributed by atoms with Crippen molar-refractivity contribution in [1.29, 1.82) is 0 Å². The molecule has 2 aromatic rings. The van der Waals surface area contributed by atoms with Crippen molar-refractivity contribution in [1.82, 2.24) is 5.32 Å². The maximum Gasteiger partial charge on any atom is 0.131 e. The average molecular weight is 326 g/mol. The second-order valence-corrected chi connectivity index (χ2v) is 5.12. The first-order chi connectivity index (χ1) is 9.11. The SMILES string of the molecule is CCNCc1ccc(F)cc1-c1cc(Br)ccc1F. The van der Waals surface area contributed by atoms with E-state index in [1.807, 2.05) is 6.92 Å². The van der Waals surface area contributed by atoms with Crippen LogP contribution in [0.15, 0.2) is 40.9 Å². The maximum atomic E-state index is 13.9. The smallest absolute Gasteiger partial charge is 0.131 e. The van der Waals surface area contributed by atoms with E-state index < -0.39 is 0 Å². The van der Waals surface area contributed by atoms with Crippen LogP contribution in [0.3, 0.4) is 0 Å². The summed E-state index contributed by atoms with van der Waals surface area (Å²) < 4.78 is 28.1. The number of hydrogen-bond acceptors (Lipinski definition) is 1. The Bertz CT molecular complexity index is 584. The first-order valence-corrected chi connectivity index (χ1v) is 6.85. The van der Waals surface area contributed by atoms with Crippen molar-refractivity contribution in [2.24, 2.45) is 0 Å². The van der Waals surface area contributed by atoms with Crippen LogP contribution >= 0.6 is 15.9 Å². The van der Waals surface area contributed by atoms with Crippen molar-refractivity contribution >= 4 is 15.9 Å². The molecule has 0 aliphatic heterocycles. The van der Waals surface area contributed by atoms with Gasteiger partial charge in [-0.3, -0.25) is 0 Å². The highest BCUT2D eigenvalue weighted by Gasteiger charge is 2.11. The summed E-state index contributed by atoms with van der Waals surface area (Å²) in [6, 6.07) is 9.13. The number of hydrogen-bond donors (Lipinski definition) is 1. The van der Waals surface area contributed by atoms with Crippen LogP contribution in [-0.4, -0.2) is 6.54 Å². The molecule has 0 radical (unpaired) electrons. The fourth-order valence-corrected chi connectivity index (χ4v) is 2.28.